The van der Waals surface area contributed by atoms with Crippen LogP contribution in [0.15, 0.2) is 3.79 Å². The molecule has 0 unspecified atom stereocenters. The number of likely N-dealkylation sites (tertiary alicyclic amines) is 1. The smallest absolute Gasteiger partial charge is 0.410 e. The normalized spacial score (nSPS) is 15.6. The Kier molecular flexibility index (Phi) is 7.19. The summed E-state index contributed by atoms with van der Waals surface area (Å²) in [7, 11) is 1.40. The van der Waals surface area contributed by atoms with E-state index in [0.29, 0.717) is 24.7 Å². The summed E-state index contributed by atoms with van der Waals surface area (Å²) in [6.07, 6.45) is 1.50. The van der Waals surface area contributed by atoms with Crippen LogP contribution in [0.25, 0.3) is 0 Å². The van der Waals surface area contributed by atoms with Crippen molar-refractivity contribution in [2.24, 2.45) is 0 Å². The lowest BCUT2D eigenvalue weighted by atomic mass is 10.0. The second-order valence-corrected chi connectivity index (χ2v) is 9.97. The Morgan fingerprint density at radius 2 is 1.89 bits per heavy atom. The number of nitrogens with zero attached hydrogens (tertiary/aromatic N) is 2. The van der Waals surface area contributed by atoms with Crippen LogP contribution in [0.5, 0.6) is 0 Å². The van der Waals surface area contributed by atoms with Gasteiger partial charge in [0.2, 0.25) is 0 Å². The maximum Gasteiger partial charge on any atom is 0.410 e. The number of esters is 1. The van der Waals surface area contributed by atoms with Crippen molar-refractivity contribution in [2.75, 3.05) is 31.6 Å². The van der Waals surface area contributed by atoms with Gasteiger partial charge in [-0.1, -0.05) is 0 Å². The van der Waals surface area contributed by atoms with Crippen LogP contribution in [-0.4, -0.2) is 55.3 Å². The molecule has 0 atom stereocenters. The van der Waals surface area contributed by atoms with E-state index in [2.05, 4.69) is 27.8 Å². The fraction of sp³-hybridized carbons (Fsp3) is 0.684. The molecule has 1 amide bonds. The number of thiophene rings is 1. The number of piperidine rings is 1. The molecule has 2 heterocycles. The van der Waals surface area contributed by atoms with Crippen molar-refractivity contribution in [1.82, 2.24) is 4.90 Å². The SMILES string of the molecule is CCN(c1sc(Br)c(C(=O)OC)c1C)C1CCN(C(=O)OC(C)(C)C)CC1. The van der Waals surface area contributed by atoms with E-state index in [9.17, 15) is 9.59 Å². The lowest BCUT2D eigenvalue weighted by Crippen LogP contribution is -2.48. The highest BCUT2D eigenvalue weighted by Crippen LogP contribution is 2.41. The maximum absolute atomic E-state index is 12.3. The fourth-order valence-corrected chi connectivity index (χ4v) is 5.41. The summed E-state index contributed by atoms with van der Waals surface area (Å²) in [6.45, 7) is 11.9. The minimum atomic E-state index is -0.478. The average molecular weight is 461 g/mol. The predicted octanol–water partition coefficient (Wildman–Crippen LogP) is 4.83. The van der Waals surface area contributed by atoms with E-state index in [1.165, 1.54) is 7.11 Å². The Balaban J connectivity index is 2.10. The molecule has 6 nitrogen and oxygen atoms in total. The lowest BCUT2D eigenvalue weighted by Gasteiger charge is -2.39. The van der Waals surface area contributed by atoms with E-state index in [1.54, 1.807) is 16.2 Å². The molecule has 1 fully saturated rings. The van der Waals surface area contributed by atoms with E-state index < -0.39 is 5.60 Å². The summed E-state index contributed by atoms with van der Waals surface area (Å²) in [6, 6.07) is 0.323. The summed E-state index contributed by atoms with van der Waals surface area (Å²) in [5.41, 5.74) is 1.06. The van der Waals surface area contributed by atoms with Gasteiger partial charge in [0.1, 0.15) is 5.60 Å². The molecule has 0 aliphatic carbocycles. The molecule has 8 heteroatoms. The molecule has 0 radical (unpaired) electrons. The predicted molar refractivity (Wildman–Crippen MR) is 112 cm³/mol. The van der Waals surface area contributed by atoms with Crippen LogP contribution in [0.3, 0.4) is 0 Å². The molecular formula is C19H29BrN2O4S. The Morgan fingerprint density at radius 1 is 1.30 bits per heavy atom. The topological polar surface area (TPSA) is 59.1 Å². The quantitative estimate of drug-likeness (QED) is 0.601. The largest absolute Gasteiger partial charge is 0.465 e. The highest BCUT2D eigenvalue weighted by molar-refractivity contribution is 9.11. The number of hydrogen-bond donors (Lipinski definition) is 0. The van der Waals surface area contributed by atoms with Crippen molar-refractivity contribution in [3.63, 3.8) is 0 Å². The number of hydrogen-bond acceptors (Lipinski definition) is 6. The van der Waals surface area contributed by atoms with Crippen LogP contribution in [0.2, 0.25) is 0 Å². The highest BCUT2D eigenvalue weighted by atomic mass is 79.9. The van der Waals surface area contributed by atoms with Crippen molar-refractivity contribution >= 4 is 44.3 Å². The van der Waals surface area contributed by atoms with E-state index in [-0.39, 0.29) is 12.1 Å². The Hall–Kier alpha value is -1.28. The number of carbonyl (C=O) groups is 2. The van der Waals surface area contributed by atoms with Crippen LogP contribution in [-0.2, 0) is 9.47 Å². The molecule has 0 spiro atoms. The molecule has 0 bridgehead atoms. The number of rotatable bonds is 4. The van der Waals surface area contributed by atoms with E-state index >= 15 is 0 Å². The zero-order valence-electron chi connectivity index (χ0n) is 16.9. The Morgan fingerprint density at radius 3 is 2.37 bits per heavy atom. The number of ether oxygens (including phenoxy) is 2. The van der Waals surface area contributed by atoms with Gasteiger partial charge in [-0.25, -0.2) is 9.59 Å². The van der Waals surface area contributed by atoms with Crippen LogP contribution in [0.1, 0.15) is 56.5 Å². The monoisotopic (exact) mass is 460 g/mol. The summed E-state index contributed by atoms with van der Waals surface area (Å²) < 4.78 is 11.2. The second kappa shape index (κ2) is 8.82. The molecule has 1 saturated heterocycles. The summed E-state index contributed by atoms with van der Waals surface area (Å²) in [5.74, 6) is -0.322. The molecule has 0 saturated carbocycles. The highest BCUT2D eigenvalue weighted by Gasteiger charge is 2.31. The van der Waals surface area contributed by atoms with Crippen molar-refractivity contribution in [3.8, 4) is 0 Å². The first-order valence-corrected chi connectivity index (χ1v) is 10.8. The molecule has 27 heavy (non-hydrogen) atoms. The van der Waals surface area contributed by atoms with Crippen LogP contribution in [0, 0.1) is 6.92 Å². The van der Waals surface area contributed by atoms with Gasteiger partial charge in [0.25, 0.3) is 0 Å². The lowest BCUT2D eigenvalue weighted by molar-refractivity contribution is 0.0204. The fourth-order valence-electron chi connectivity index (χ4n) is 3.33. The van der Waals surface area contributed by atoms with Crippen LogP contribution >= 0.6 is 27.3 Å². The van der Waals surface area contributed by atoms with Crippen molar-refractivity contribution < 1.29 is 19.1 Å². The third kappa shape index (κ3) is 5.16. The van der Waals surface area contributed by atoms with Crippen LogP contribution < -0.4 is 4.90 Å². The van der Waals surface area contributed by atoms with Gasteiger partial charge in [-0.2, -0.15) is 0 Å². The molecule has 2 rings (SSSR count). The zero-order chi connectivity index (χ0) is 20.4. The molecule has 1 aliphatic heterocycles. The van der Waals surface area contributed by atoms with Gasteiger partial charge in [-0.15, -0.1) is 11.3 Å². The van der Waals surface area contributed by atoms with Crippen molar-refractivity contribution in [2.45, 2.75) is 59.1 Å². The first-order chi connectivity index (χ1) is 12.6. The number of methoxy groups -OCH3 is 1. The van der Waals surface area contributed by atoms with E-state index in [1.807, 2.05) is 27.7 Å². The molecule has 152 valence electrons. The van der Waals surface area contributed by atoms with E-state index in [4.69, 9.17) is 9.47 Å². The molecule has 1 aliphatic rings. The van der Waals surface area contributed by atoms with Gasteiger partial charge in [-0.05, 0) is 69.0 Å². The molecule has 0 aromatic carbocycles. The summed E-state index contributed by atoms with van der Waals surface area (Å²) in [5, 5.41) is 1.08. The minimum absolute atomic E-state index is 0.243. The van der Waals surface area contributed by atoms with Gasteiger partial charge in [0.05, 0.1) is 21.5 Å². The first-order valence-electron chi connectivity index (χ1n) is 9.20. The molecular weight excluding hydrogens is 432 g/mol. The maximum atomic E-state index is 12.3. The third-order valence-electron chi connectivity index (χ3n) is 4.63. The van der Waals surface area contributed by atoms with Crippen LogP contribution in [0.4, 0.5) is 9.80 Å². The molecule has 1 aromatic heterocycles. The number of halogens is 1. The number of carbonyl (C=O) groups excluding carboxylic acids is 2. The van der Waals surface area contributed by atoms with E-state index in [0.717, 1.165) is 33.7 Å². The number of amides is 1. The Bertz CT molecular complexity index is 691. The third-order valence-corrected chi connectivity index (χ3v) is 6.63. The summed E-state index contributed by atoms with van der Waals surface area (Å²) >= 11 is 5.07. The molecule has 0 N–H and O–H groups in total. The van der Waals surface area contributed by atoms with Gasteiger partial charge < -0.3 is 19.3 Å². The van der Waals surface area contributed by atoms with Crippen molar-refractivity contribution in [3.05, 3.63) is 14.9 Å². The van der Waals surface area contributed by atoms with Gasteiger partial charge >= 0.3 is 12.1 Å². The van der Waals surface area contributed by atoms with Gasteiger partial charge in [-0.3, -0.25) is 0 Å². The van der Waals surface area contributed by atoms with Gasteiger partial charge in [0.15, 0.2) is 0 Å². The second-order valence-electron chi connectivity index (χ2n) is 7.66. The first kappa shape index (κ1) is 22.0. The van der Waals surface area contributed by atoms with Gasteiger partial charge in [0, 0.05) is 25.7 Å². The zero-order valence-corrected chi connectivity index (χ0v) is 19.3. The van der Waals surface area contributed by atoms with Crippen molar-refractivity contribution in [1.29, 1.82) is 0 Å². The summed E-state index contributed by atoms with van der Waals surface area (Å²) in [4.78, 5) is 28.5. The standard InChI is InChI=1S/C19H29BrN2O4S/c1-7-22(16-12(2)14(15(20)27-16)17(23)25-6)13-8-10-21(11-9-13)18(24)26-19(3,4)5/h13H,7-11H2,1-6H3. The average Bonchev–Trinajstić information content (AvgIpc) is 2.88. The Labute approximate surface area is 173 Å². The minimum Gasteiger partial charge on any atom is -0.465 e. The molecule has 1 aromatic rings. The number of anilines is 1.